The van der Waals surface area contributed by atoms with E-state index in [1.54, 1.807) is 0 Å². The summed E-state index contributed by atoms with van der Waals surface area (Å²) < 4.78 is 1.38. The molecule has 2 heterocycles. The highest BCUT2D eigenvalue weighted by Gasteiger charge is 2.27. The number of primary amides is 1. The van der Waals surface area contributed by atoms with Gasteiger partial charge in [0.25, 0.3) is 5.91 Å². The number of hydrogen-bond donors (Lipinski definition) is 2. The summed E-state index contributed by atoms with van der Waals surface area (Å²) in [5.41, 5.74) is 11.4. The summed E-state index contributed by atoms with van der Waals surface area (Å²) in [5.74, 6) is -0.267. The first-order valence-electron chi connectivity index (χ1n) is 10.4. The molecule has 0 fully saturated rings. The van der Waals surface area contributed by atoms with E-state index in [0.29, 0.717) is 22.6 Å². The Hall–Kier alpha value is -4.00. The number of aryl methyl sites for hydroxylation is 3. The van der Waals surface area contributed by atoms with Crippen LogP contribution in [0.1, 0.15) is 50.2 Å². The number of nitrogens with zero attached hydrogens (tertiary/aromatic N) is 3. The van der Waals surface area contributed by atoms with Gasteiger partial charge in [-0.05, 0) is 44.9 Å². The molecule has 0 aliphatic rings. The molecule has 0 unspecified atom stereocenters. The van der Waals surface area contributed by atoms with Crippen LogP contribution >= 0.6 is 0 Å². The van der Waals surface area contributed by atoms with Crippen molar-refractivity contribution in [3.63, 3.8) is 0 Å². The molecule has 0 saturated heterocycles. The number of amides is 2. The summed E-state index contributed by atoms with van der Waals surface area (Å²) >= 11 is 0. The van der Waals surface area contributed by atoms with E-state index in [-0.39, 0.29) is 5.91 Å². The lowest BCUT2D eigenvalue weighted by Crippen LogP contribution is -2.34. The Bertz CT molecular complexity index is 1340. The summed E-state index contributed by atoms with van der Waals surface area (Å²) in [6.07, 6.45) is 0. The fourth-order valence-corrected chi connectivity index (χ4v) is 4.15. The number of fused-ring (bicyclic) bond motifs is 1. The van der Waals surface area contributed by atoms with E-state index < -0.39 is 12.1 Å². The van der Waals surface area contributed by atoms with Crippen molar-refractivity contribution in [1.29, 1.82) is 0 Å². The maximum absolute atomic E-state index is 13.5. The van der Waals surface area contributed by atoms with Gasteiger partial charge in [0.1, 0.15) is 0 Å². The number of nitrogens with one attached hydrogen (secondary N) is 1. The van der Waals surface area contributed by atoms with E-state index in [9.17, 15) is 9.59 Å². The van der Waals surface area contributed by atoms with Crippen molar-refractivity contribution in [3.8, 4) is 0 Å². The number of pyridine rings is 1. The van der Waals surface area contributed by atoms with Gasteiger partial charge >= 0.3 is 6.03 Å². The number of rotatable bonds is 4. The quantitative estimate of drug-likeness (QED) is 0.511. The standard InChI is InChI=1S/C25H25N5O2/c1-14-9-8-12-19-13-20(15(2)27-22(14)19)24(31)30-17(4)21(16(3)29-30)23(28-25(26)32)18-10-6-5-7-11-18/h5-13,23H,1-4H3,(H3,26,28,32)/t23-/m0/s1. The van der Waals surface area contributed by atoms with Gasteiger partial charge < -0.3 is 11.1 Å². The highest BCUT2D eigenvalue weighted by atomic mass is 16.2. The summed E-state index contributed by atoms with van der Waals surface area (Å²) in [4.78, 5) is 29.9. The molecule has 0 saturated carbocycles. The number of urea groups is 1. The van der Waals surface area contributed by atoms with Crippen LogP contribution in [0, 0.1) is 27.7 Å². The van der Waals surface area contributed by atoms with Gasteiger partial charge in [0.15, 0.2) is 0 Å². The van der Waals surface area contributed by atoms with Crippen molar-refractivity contribution < 1.29 is 9.59 Å². The lowest BCUT2D eigenvalue weighted by molar-refractivity contribution is 0.0941. The molecule has 4 aromatic rings. The molecule has 32 heavy (non-hydrogen) atoms. The Morgan fingerprint density at radius 1 is 0.969 bits per heavy atom. The first-order chi connectivity index (χ1) is 15.3. The van der Waals surface area contributed by atoms with Gasteiger partial charge in [-0.15, -0.1) is 0 Å². The molecule has 7 heteroatoms. The molecule has 4 rings (SSSR count). The zero-order valence-corrected chi connectivity index (χ0v) is 18.5. The third kappa shape index (κ3) is 3.73. The summed E-state index contributed by atoms with van der Waals surface area (Å²) in [6, 6.07) is 16.1. The lowest BCUT2D eigenvalue weighted by Gasteiger charge is -2.19. The van der Waals surface area contributed by atoms with E-state index in [1.807, 2.05) is 82.3 Å². The van der Waals surface area contributed by atoms with Gasteiger partial charge in [-0.25, -0.2) is 9.48 Å². The Morgan fingerprint density at radius 3 is 2.38 bits per heavy atom. The van der Waals surface area contributed by atoms with Crippen LogP contribution in [-0.2, 0) is 0 Å². The molecule has 0 spiro atoms. The van der Waals surface area contributed by atoms with E-state index in [0.717, 1.165) is 27.6 Å². The number of carbonyl (C=O) groups is 2. The first-order valence-corrected chi connectivity index (χ1v) is 10.4. The monoisotopic (exact) mass is 427 g/mol. The number of para-hydroxylation sites is 1. The van der Waals surface area contributed by atoms with Gasteiger partial charge in [-0.3, -0.25) is 9.78 Å². The predicted octanol–water partition coefficient (Wildman–Crippen LogP) is 4.11. The molecule has 7 nitrogen and oxygen atoms in total. The summed E-state index contributed by atoms with van der Waals surface area (Å²) in [6.45, 7) is 7.46. The second-order valence-electron chi connectivity index (χ2n) is 7.92. The fourth-order valence-electron chi connectivity index (χ4n) is 4.15. The lowest BCUT2D eigenvalue weighted by atomic mass is 9.97. The van der Waals surface area contributed by atoms with Crippen molar-refractivity contribution in [1.82, 2.24) is 20.1 Å². The maximum Gasteiger partial charge on any atom is 0.312 e. The van der Waals surface area contributed by atoms with Crippen molar-refractivity contribution in [2.45, 2.75) is 33.7 Å². The van der Waals surface area contributed by atoms with E-state index >= 15 is 0 Å². The van der Waals surface area contributed by atoms with Crippen molar-refractivity contribution in [3.05, 3.63) is 93.9 Å². The topological polar surface area (TPSA) is 103 Å². The predicted molar refractivity (Wildman–Crippen MR) is 124 cm³/mol. The summed E-state index contributed by atoms with van der Waals surface area (Å²) in [7, 11) is 0. The number of benzene rings is 2. The molecule has 0 aliphatic carbocycles. The Labute approximate surface area is 186 Å². The normalized spacial score (nSPS) is 12.0. The molecule has 2 amide bonds. The largest absolute Gasteiger partial charge is 0.352 e. The Balaban J connectivity index is 1.82. The average molecular weight is 428 g/mol. The van der Waals surface area contributed by atoms with E-state index in [1.165, 1.54) is 4.68 Å². The number of aromatic nitrogens is 3. The highest BCUT2D eigenvalue weighted by molar-refractivity contribution is 6.00. The van der Waals surface area contributed by atoms with Crippen LogP contribution in [-0.4, -0.2) is 26.7 Å². The SMILES string of the molecule is Cc1nc2c(C)cccc2cc1C(=O)n1nc(C)c([C@@H](NC(N)=O)c2ccccc2)c1C. The van der Waals surface area contributed by atoms with Crippen LogP contribution < -0.4 is 11.1 Å². The molecule has 162 valence electrons. The van der Waals surface area contributed by atoms with Crippen LogP contribution in [0.4, 0.5) is 4.79 Å². The third-order valence-electron chi connectivity index (χ3n) is 5.72. The van der Waals surface area contributed by atoms with Crippen molar-refractivity contribution in [2.75, 3.05) is 0 Å². The highest BCUT2D eigenvalue weighted by Crippen LogP contribution is 2.29. The van der Waals surface area contributed by atoms with Gasteiger partial charge in [0.2, 0.25) is 0 Å². The molecule has 0 radical (unpaired) electrons. The van der Waals surface area contributed by atoms with Gasteiger partial charge in [-0.1, -0.05) is 48.5 Å². The minimum Gasteiger partial charge on any atom is -0.352 e. The number of hydrogen-bond acceptors (Lipinski definition) is 4. The smallest absolute Gasteiger partial charge is 0.312 e. The van der Waals surface area contributed by atoms with Crippen LogP contribution in [0.25, 0.3) is 10.9 Å². The minimum absolute atomic E-state index is 0.267. The van der Waals surface area contributed by atoms with Crippen LogP contribution in [0.15, 0.2) is 54.6 Å². The Morgan fingerprint density at radius 2 is 1.69 bits per heavy atom. The van der Waals surface area contributed by atoms with Gasteiger partial charge in [0.05, 0.1) is 34.2 Å². The molecule has 0 bridgehead atoms. The Kier molecular flexibility index (Phi) is 5.48. The molecule has 2 aromatic heterocycles. The molecular formula is C25H25N5O2. The van der Waals surface area contributed by atoms with Crippen LogP contribution in [0.5, 0.6) is 0 Å². The fraction of sp³-hybridized carbons (Fsp3) is 0.200. The first kappa shape index (κ1) is 21.2. The second kappa shape index (κ2) is 8.26. The molecule has 2 aromatic carbocycles. The third-order valence-corrected chi connectivity index (χ3v) is 5.72. The van der Waals surface area contributed by atoms with Crippen molar-refractivity contribution in [2.24, 2.45) is 5.73 Å². The average Bonchev–Trinajstić information content (AvgIpc) is 3.06. The van der Waals surface area contributed by atoms with E-state index in [4.69, 9.17) is 5.73 Å². The van der Waals surface area contributed by atoms with Gasteiger partial charge in [-0.2, -0.15) is 5.10 Å². The van der Waals surface area contributed by atoms with Crippen LogP contribution in [0.3, 0.4) is 0 Å². The summed E-state index contributed by atoms with van der Waals surface area (Å²) in [5, 5.41) is 8.22. The van der Waals surface area contributed by atoms with Crippen LogP contribution in [0.2, 0.25) is 0 Å². The minimum atomic E-state index is -0.651. The second-order valence-corrected chi connectivity index (χ2v) is 7.92. The molecule has 3 N–H and O–H groups in total. The molecule has 0 aliphatic heterocycles. The molecular weight excluding hydrogens is 402 g/mol. The maximum atomic E-state index is 13.5. The van der Waals surface area contributed by atoms with Crippen molar-refractivity contribution >= 4 is 22.8 Å². The zero-order chi connectivity index (χ0) is 23.0. The van der Waals surface area contributed by atoms with E-state index in [2.05, 4.69) is 15.4 Å². The zero-order valence-electron chi connectivity index (χ0n) is 18.5. The number of carbonyl (C=O) groups excluding carboxylic acids is 2. The number of nitrogens with two attached hydrogens (primary N) is 1. The molecule has 1 atom stereocenters. The van der Waals surface area contributed by atoms with Gasteiger partial charge in [0, 0.05) is 10.9 Å².